The van der Waals surface area contributed by atoms with Gasteiger partial charge in [-0.15, -0.1) is 11.8 Å². The van der Waals surface area contributed by atoms with Gasteiger partial charge >= 0.3 is 0 Å². The minimum absolute atomic E-state index is 0.0156. The Morgan fingerprint density at radius 1 is 1.25 bits per heavy atom. The van der Waals surface area contributed by atoms with Crippen LogP contribution in [0.4, 0.5) is 5.95 Å². The Kier molecular flexibility index (Phi) is 5.05. The Morgan fingerprint density at radius 3 is 2.83 bits per heavy atom. The van der Waals surface area contributed by atoms with Crippen molar-refractivity contribution in [1.82, 2.24) is 15.3 Å². The van der Waals surface area contributed by atoms with Gasteiger partial charge < -0.3 is 15.6 Å². The van der Waals surface area contributed by atoms with Gasteiger partial charge in [-0.3, -0.25) is 4.79 Å². The molecule has 3 N–H and O–H groups in total. The van der Waals surface area contributed by atoms with Crippen molar-refractivity contribution >= 4 is 34.7 Å². The second kappa shape index (κ2) is 7.40. The molecular formula is C18H20N4OS. The molecule has 1 unspecified atom stereocenters. The zero-order chi connectivity index (χ0) is 16.9. The lowest BCUT2D eigenvalue weighted by Crippen LogP contribution is -2.24. The summed E-state index contributed by atoms with van der Waals surface area (Å²) < 4.78 is 0. The van der Waals surface area contributed by atoms with Crippen LogP contribution in [0.15, 0.2) is 53.4 Å². The Balaban J connectivity index is 1.90. The summed E-state index contributed by atoms with van der Waals surface area (Å²) in [4.78, 5) is 20.9. The number of nitrogens with one attached hydrogen (secondary N) is 3. The quantitative estimate of drug-likeness (QED) is 0.600. The number of rotatable bonds is 6. The lowest BCUT2D eigenvalue weighted by atomic mass is 10.0. The smallest absolute Gasteiger partial charge is 0.222 e. The van der Waals surface area contributed by atoms with E-state index in [1.807, 2.05) is 42.7 Å². The summed E-state index contributed by atoms with van der Waals surface area (Å²) in [6.07, 6.45) is 2.38. The van der Waals surface area contributed by atoms with Gasteiger partial charge in [-0.1, -0.05) is 24.3 Å². The predicted octanol–water partition coefficient (Wildman–Crippen LogP) is 3.57. The van der Waals surface area contributed by atoms with Crippen LogP contribution >= 0.6 is 11.8 Å². The van der Waals surface area contributed by atoms with E-state index in [-0.39, 0.29) is 11.9 Å². The number of fused-ring (bicyclic) bond motifs is 1. The van der Waals surface area contributed by atoms with Crippen LogP contribution in [0.5, 0.6) is 0 Å². The van der Waals surface area contributed by atoms with Crippen molar-refractivity contribution in [3.05, 3.63) is 54.1 Å². The molecule has 6 heteroatoms. The number of thioether (sulfide) groups is 1. The summed E-state index contributed by atoms with van der Waals surface area (Å²) in [7, 11) is 1.65. The Hall–Kier alpha value is -2.47. The lowest BCUT2D eigenvalue weighted by molar-refractivity contribution is -0.120. The highest BCUT2D eigenvalue weighted by Crippen LogP contribution is 2.26. The third-order valence-electron chi connectivity index (χ3n) is 3.86. The molecular weight excluding hydrogens is 320 g/mol. The third kappa shape index (κ3) is 3.71. The number of hydrogen-bond acceptors (Lipinski definition) is 4. The van der Waals surface area contributed by atoms with Crippen molar-refractivity contribution in [3.8, 4) is 0 Å². The Labute approximate surface area is 145 Å². The minimum Gasteiger partial charge on any atom is -0.359 e. The maximum Gasteiger partial charge on any atom is 0.222 e. The fourth-order valence-electron chi connectivity index (χ4n) is 2.58. The van der Waals surface area contributed by atoms with Gasteiger partial charge in [0.05, 0.1) is 23.5 Å². The first-order valence-corrected chi connectivity index (χ1v) is 8.98. The molecule has 0 fully saturated rings. The number of carbonyl (C=O) groups excluding carboxylic acids is 1. The van der Waals surface area contributed by atoms with Crippen molar-refractivity contribution in [2.45, 2.75) is 17.4 Å². The van der Waals surface area contributed by atoms with Crippen molar-refractivity contribution in [2.24, 2.45) is 0 Å². The number of carbonyl (C=O) groups is 1. The summed E-state index contributed by atoms with van der Waals surface area (Å²) in [6.45, 7) is 0. The highest BCUT2D eigenvalue weighted by molar-refractivity contribution is 7.98. The minimum atomic E-state index is -0.155. The van der Waals surface area contributed by atoms with Gasteiger partial charge in [0.15, 0.2) is 0 Å². The molecule has 1 aromatic heterocycles. The third-order valence-corrected chi connectivity index (χ3v) is 4.59. The summed E-state index contributed by atoms with van der Waals surface area (Å²) in [5.41, 5.74) is 2.93. The van der Waals surface area contributed by atoms with E-state index in [2.05, 4.69) is 32.7 Å². The number of anilines is 1. The highest BCUT2D eigenvalue weighted by Gasteiger charge is 2.17. The van der Waals surface area contributed by atoms with Crippen LogP contribution < -0.4 is 10.6 Å². The van der Waals surface area contributed by atoms with Gasteiger partial charge in [-0.25, -0.2) is 4.98 Å². The molecule has 0 radical (unpaired) electrons. The molecule has 124 valence electrons. The van der Waals surface area contributed by atoms with Gasteiger partial charge in [0, 0.05) is 11.9 Å². The zero-order valence-corrected chi connectivity index (χ0v) is 14.5. The SMILES string of the molecule is CNC(=O)CC(Nc1nc2ccccc2[nH]1)c1cccc(SC)c1. The molecule has 0 saturated heterocycles. The van der Waals surface area contributed by atoms with Crippen LogP contribution in [0.3, 0.4) is 0 Å². The fourth-order valence-corrected chi connectivity index (χ4v) is 3.05. The first-order valence-electron chi connectivity index (χ1n) is 7.75. The normalized spacial score (nSPS) is 12.1. The zero-order valence-electron chi connectivity index (χ0n) is 13.7. The number of para-hydroxylation sites is 2. The Morgan fingerprint density at radius 2 is 2.08 bits per heavy atom. The second-order valence-corrected chi connectivity index (χ2v) is 6.33. The molecule has 0 aliphatic rings. The molecule has 24 heavy (non-hydrogen) atoms. The molecule has 0 spiro atoms. The van der Waals surface area contributed by atoms with E-state index in [1.165, 1.54) is 4.90 Å². The second-order valence-electron chi connectivity index (χ2n) is 5.45. The average molecular weight is 340 g/mol. The molecule has 2 aromatic carbocycles. The number of hydrogen-bond donors (Lipinski definition) is 3. The molecule has 1 atom stereocenters. The van der Waals surface area contributed by atoms with Crippen molar-refractivity contribution < 1.29 is 4.79 Å². The standard InChI is InChI=1S/C18H20N4OS/c1-19-17(23)11-16(12-6-5-7-13(10-12)24-2)22-18-20-14-8-3-4-9-15(14)21-18/h3-10,16H,11H2,1-2H3,(H,19,23)(H2,20,21,22). The summed E-state index contributed by atoms with van der Waals surface area (Å²) in [5.74, 6) is 0.651. The van der Waals surface area contributed by atoms with Gasteiger partial charge in [0.2, 0.25) is 11.9 Å². The van der Waals surface area contributed by atoms with Crippen LogP contribution in [0, 0.1) is 0 Å². The summed E-state index contributed by atoms with van der Waals surface area (Å²) >= 11 is 1.68. The summed E-state index contributed by atoms with van der Waals surface area (Å²) in [6, 6.07) is 15.9. The van der Waals surface area contributed by atoms with E-state index in [1.54, 1.807) is 18.8 Å². The number of aromatic nitrogens is 2. The highest BCUT2D eigenvalue weighted by atomic mass is 32.2. The van der Waals surface area contributed by atoms with E-state index in [0.717, 1.165) is 16.6 Å². The largest absolute Gasteiger partial charge is 0.359 e. The van der Waals surface area contributed by atoms with Crippen molar-refractivity contribution in [2.75, 3.05) is 18.6 Å². The maximum atomic E-state index is 11.9. The molecule has 5 nitrogen and oxygen atoms in total. The summed E-state index contributed by atoms with van der Waals surface area (Å²) in [5, 5.41) is 6.06. The van der Waals surface area contributed by atoms with Crippen LogP contribution in [0.2, 0.25) is 0 Å². The van der Waals surface area contributed by atoms with Gasteiger partial charge in [0.25, 0.3) is 0 Å². The average Bonchev–Trinajstić information content (AvgIpc) is 3.03. The number of benzene rings is 2. The van der Waals surface area contributed by atoms with Crippen LogP contribution in [-0.4, -0.2) is 29.2 Å². The Bertz CT molecular complexity index is 813. The lowest BCUT2D eigenvalue weighted by Gasteiger charge is -2.18. The monoisotopic (exact) mass is 340 g/mol. The number of aromatic amines is 1. The van der Waals surface area contributed by atoms with Crippen molar-refractivity contribution in [3.63, 3.8) is 0 Å². The maximum absolute atomic E-state index is 11.9. The van der Waals surface area contributed by atoms with E-state index < -0.39 is 0 Å². The predicted molar refractivity (Wildman–Crippen MR) is 99.4 cm³/mol. The van der Waals surface area contributed by atoms with Crippen LogP contribution in [0.25, 0.3) is 11.0 Å². The molecule has 1 amide bonds. The molecule has 3 aromatic rings. The molecule has 1 heterocycles. The van der Waals surface area contributed by atoms with Gasteiger partial charge in [0.1, 0.15) is 0 Å². The first-order chi connectivity index (χ1) is 11.7. The molecule has 0 aliphatic carbocycles. The number of imidazole rings is 1. The van der Waals surface area contributed by atoms with Gasteiger partial charge in [-0.05, 0) is 36.1 Å². The first kappa shape index (κ1) is 16.4. The number of amides is 1. The molecule has 0 bridgehead atoms. The molecule has 0 saturated carbocycles. The van der Waals surface area contributed by atoms with E-state index in [0.29, 0.717) is 12.4 Å². The van der Waals surface area contributed by atoms with Crippen molar-refractivity contribution in [1.29, 1.82) is 0 Å². The van der Waals surface area contributed by atoms with Crippen LogP contribution in [-0.2, 0) is 4.79 Å². The van der Waals surface area contributed by atoms with Gasteiger partial charge in [-0.2, -0.15) is 0 Å². The molecule has 0 aliphatic heterocycles. The fraction of sp³-hybridized carbons (Fsp3) is 0.222. The van der Waals surface area contributed by atoms with Crippen LogP contribution in [0.1, 0.15) is 18.0 Å². The molecule has 3 rings (SSSR count). The number of nitrogens with zero attached hydrogens (tertiary/aromatic N) is 1. The number of H-pyrrole nitrogens is 1. The topological polar surface area (TPSA) is 69.8 Å². The van der Waals surface area contributed by atoms with E-state index >= 15 is 0 Å². The van der Waals surface area contributed by atoms with E-state index in [9.17, 15) is 4.79 Å². The van der Waals surface area contributed by atoms with E-state index in [4.69, 9.17) is 0 Å².